The molecule has 0 amide bonds. The normalized spacial score (nSPS) is 12.4. The fourth-order valence-corrected chi connectivity index (χ4v) is 2.16. The molecular weight excluding hydrogens is 252 g/mol. The summed E-state index contributed by atoms with van der Waals surface area (Å²) < 4.78 is 0. The van der Waals surface area contributed by atoms with Gasteiger partial charge in [0.2, 0.25) is 0 Å². The Morgan fingerprint density at radius 2 is 1.90 bits per heavy atom. The van der Waals surface area contributed by atoms with E-state index in [4.69, 9.17) is 5.11 Å². The highest BCUT2D eigenvalue weighted by molar-refractivity contribution is 5.70. The average Bonchev–Trinajstić information content (AvgIpc) is 2.42. The van der Waals surface area contributed by atoms with Crippen molar-refractivity contribution in [3.63, 3.8) is 0 Å². The molecule has 0 aromatic heterocycles. The number of hydrogen-bond donors (Lipinski definition) is 1. The van der Waals surface area contributed by atoms with Crippen LogP contribution in [0.1, 0.15) is 19.4 Å². The molecule has 1 atom stereocenters. The molecule has 20 heavy (non-hydrogen) atoms. The van der Waals surface area contributed by atoms with Gasteiger partial charge in [0.1, 0.15) is 0 Å². The van der Waals surface area contributed by atoms with Gasteiger partial charge in [-0.05, 0) is 32.1 Å². The zero-order valence-corrected chi connectivity index (χ0v) is 13.0. The molecule has 1 unspecified atom stereocenters. The monoisotopic (exact) mass is 278 g/mol. The van der Waals surface area contributed by atoms with Crippen molar-refractivity contribution in [2.45, 2.75) is 20.3 Å². The first-order valence-electron chi connectivity index (χ1n) is 7.16. The number of carboxylic acid groups (broad SMARTS) is 1. The number of rotatable bonds is 8. The minimum Gasteiger partial charge on any atom is -0.481 e. The molecule has 1 rings (SSSR count). The number of para-hydroxylation sites is 1. The van der Waals surface area contributed by atoms with E-state index in [-0.39, 0.29) is 5.92 Å². The molecule has 4 nitrogen and oxygen atoms in total. The predicted octanol–water partition coefficient (Wildman–Crippen LogP) is 2.34. The van der Waals surface area contributed by atoms with Crippen LogP contribution in [0.4, 0.5) is 5.69 Å². The van der Waals surface area contributed by atoms with Gasteiger partial charge in [0.15, 0.2) is 0 Å². The number of anilines is 1. The third-order valence-electron chi connectivity index (χ3n) is 3.45. The van der Waals surface area contributed by atoms with E-state index in [1.165, 1.54) is 5.56 Å². The second-order valence-corrected chi connectivity index (χ2v) is 5.47. The largest absolute Gasteiger partial charge is 0.481 e. The van der Waals surface area contributed by atoms with Crippen LogP contribution in [0.5, 0.6) is 0 Å². The summed E-state index contributed by atoms with van der Waals surface area (Å²) in [5, 5.41) is 9.14. The van der Waals surface area contributed by atoms with Crippen molar-refractivity contribution in [2.75, 3.05) is 38.6 Å². The maximum absolute atomic E-state index is 11.1. The highest BCUT2D eigenvalue weighted by Gasteiger charge is 2.18. The third-order valence-corrected chi connectivity index (χ3v) is 3.45. The highest BCUT2D eigenvalue weighted by atomic mass is 16.4. The Bertz CT molecular complexity index is 432. The molecule has 0 radical (unpaired) electrons. The number of carboxylic acids is 1. The van der Waals surface area contributed by atoms with Crippen LogP contribution < -0.4 is 4.90 Å². The molecule has 0 spiro atoms. The summed E-state index contributed by atoms with van der Waals surface area (Å²) >= 11 is 0. The summed E-state index contributed by atoms with van der Waals surface area (Å²) in [6.07, 6.45) is 0.954. The summed E-state index contributed by atoms with van der Waals surface area (Å²) in [5.41, 5.74) is 2.42. The quantitative estimate of drug-likeness (QED) is 0.792. The van der Waals surface area contributed by atoms with Crippen LogP contribution in [-0.4, -0.2) is 49.7 Å². The van der Waals surface area contributed by atoms with Crippen LogP contribution in [0.25, 0.3) is 0 Å². The topological polar surface area (TPSA) is 43.8 Å². The molecule has 0 aliphatic heterocycles. The fourth-order valence-electron chi connectivity index (χ4n) is 2.16. The summed E-state index contributed by atoms with van der Waals surface area (Å²) in [5.74, 6) is -1.11. The summed E-state index contributed by atoms with van der Waals surface area (Å²) in [7, 11) is 4.06. The Kier molecular flexibility index (Phi) is 6.52. The number of benzene rings is 1. The van der Waals surface area contributed by atoms with Crippen LogP contribution in [0.15, 0.2) is 24.3 Å². The lowest BCUT2D eigenvalue weighted by atomic mass is 10.1. The van der Waals surface area contributed by atoms with Crippen LogP contribution in [0, 0.1) is 5.92 Å². The van der Waals surface area contributed by atoms with Crippen molar-refractivity contribution in [3.05, 3.63) is 29.8 Å². The van der Waals surface area contributed by atoms with Crippen molar-refractivity contribution >= 4 is 11.7 Å². The Hall–Kier alpha value is -1.55. The first-order valence-corrected chi connectivity index (χ1v) is 7.16. The van der Waals surface area contributed by atoms with Crippen LogP contribution >= 0.6 is 0 Å². The van der Waals surface area contributed by atoms with Gasteiger partial charge in [-0.3, -0.25) is 4.79 Å². The van der Waals surface area contributed by atoms with Gasteiger partial charge in [0.25, 0.3) is 0 Å². The molecule has 1 aromatic carbocycles. The highest BCUT2D eigenvalue weighted by Crippen LogP contribution is 2.22. The molecule has 0 aliphatic rings. The Balaban J connectivity index is 2.93. The first kappa shape index (κ1) is 16.5. The molecular formula is C16H26N2O2. The van der Waals surface area contributed by atoms with Gasteiger partial charge in [-0.15, -0.1) is 0 Å². The van der Waals surface area contributed by atoms with Crippen molar-refractivity contribution in [1.29, 1.82) is 0 Å². The SMILES string of the molecule is CCc1ccccc1N(CCN(C)C)CC(C)C(=O)O. The van der Waals surface area contributed by atoms with Crippen LogP contribution in [0.3, 0.4) is 0 Å². The lowest BCUT2D eigenvalue weighted by molar-refractivity contribution is -0.140. The lowest BCUT2D eigenvalue weighted by Crippen LogP contribution is -2.37. The zero-order valence-electron chi connectivity index (χ0n) is 13.0. The number of carbonyl (C=O) groups is 1. The van der Waals surface area contributed by atoms with E-state index in [1.807, 2.05) is 26.2 Å². The van der Waals surface area contributed by atoms with Crippen molar-refractivity contribution in [2.24, 2.45) is 5.92 Å². The van der Waals surface area contributed by atoms with Crippen LogP contribution in [0.2, 0.25) is 0 Å². The minimum absolute atomic E-state index is 0.373. The van der Waals surface area contributed by atoms with Gasteiger partial charge in [0, 0.05) is 25.3 Å². The molecule has 0 saturated carbocycles. The van der Waals surface area contributed by atoms with E-state index in [1.54, 1.807) is 6.92 Å². The summed E-state index contributed by atoms with van der Waals surface area (Å²) in [6.45, 7) is 6.18. The lowest BCUT2D eigenvalue weighted by Gasteiger charge is -2.29. The second-order valence-electron chi connectivity index (χ2n) is 5.47. The smallest absolute Gasteiger partial charge is 0.308 e. The van der Waals surface area contributed by atoms with Gasteiger partial charge in [-0.1, -0.05) is 32.0 Å². The van der Waals surface area contributed by atoms with E-state index in [9.17, 15) is 4.79 Å². The number of likely N-dealkylation sites (N-methyl/N-ethyl adjacent to an activating group) is 1. The average molecular weight is 278 g/mol. The van der Waals surface area contributed by atoms with Gasteiger partial charge in [-0.2, -0.15) is 0 Å². The van der Waals surface area contributed by atoms with E-state index < -0.39 is 5.97 Å². The van der Waals surface area contributed by atoms with Gasteiger partial charge in [0.05, 0.1) is 5.92 Å². The fraction of sp³-hybridized carbons (Fsp3) is 0.562. The molecule has 1 N–H and O–H groups in total. The summed E-state index contributed by atoms with van der Waals surface area (Å²) in [4.78, 5) is 15.4. The predicted molar refractivity (Wildman–Crippen MR) is 83.4 cm³/mol. The second kappa shape index (κ2) is 7.90. The van der Waals surface area contributed by atoms with E-state index in [2.05, 4.69) is 28.9 Å². The zero-order chi connectivity index (χ0) is 15.1. The van der Waals surface area contributed by atoms with Crippen molar-refractivity contribution in [3.8, 4) is 0 Å². The number of hydrogen-bond acceptors (Lipinski definition) is 3. The third kappa shape index (κ3) is 4.85. The maximum atomic E-state index is 11.1. The molecule has 4 heteroatoms. The molecule has 0 aliphatic carbocycles. The first-order chi connectivity index (χ1) is 9.45. The molecule has 0 saturated heterocycles. The van der Waals surface area contributed by atoms with E-state index in [0.29, 0.717) is 6.54 Å². The standard InChI is InChI=1S/C16H26N2O2/c1-5-14-8-6-7-9-15(14)18(11-10-17(3)4)12-13(2)16(19)20/h6-9,13H,5,10-12H2,1-4H3,(H,19,20). The van der Waals surface area contributed by atoms with Crippen molar-refractivity contribution in [1.82, 2.24) is 4.90 Å². The van der Waals surface area contributed by atoms with Gasteiger partial charge in [-0.25, -0.2) is 0 Å². The Morgan fingerprint density at radius 3 is 2.45 bits per heavy atom. The van der Waals surface area contributed by atoms with Crippen LogP contribution in [-0.2, 0) is 11.2 Å². The molecule has 0 fully saturated rings. The Morgan fingerprint density at radius 1 is 1.25 bits per heavy atom. The van der Waals surface area contributed by atoms with Crippen molar-refractivity contribution < 1.29 is 9.90 Å². The van der Waals surface area contributed by atoms with E-state index in [0.717, 1.165) is 25.2 Å². The number of aliphatic carboxylic acids is 1. The summed E-state index contributed by atoms with van der Waals surface area (Å²) in [6, 6.07) is 8.25. The number of aryl methyl sites for hydroxylation is 1. The Labute approximate surface area is 122 Å². The van der Waals surface area contributed by atoms with Gasteiger partial charge >= 0.3 is 5.97 Å². The minimum atomic E-state index is -0.742. The van der Waals surface area contributed by atoms with E-state index >= 15 is 0 Å². The number of nitrogens with zero attached hydrogens (tertiary/aromatic N) is 2. The van der Waals surface area contributed by atoms with Gasteiger partial charge < -0.3 is 14.9 Å². The molecule has 112 valence electrons. The molecule has 0 heterocycles. The maximum Gasteiger partial charge on any atom is 0.308 e. The molecule has 1 aromatic rings. The molecule has 0 bridgehead atoms.